The van der Waals surface area contributed by atoms with Crippen molar-refractivity contribution in [3.05, 3.63) is 0 Å². The number of likely N-dealkylation sites (N-methyl/N-ethyl adjacent to an activating group) is 1. The molecule has 84 valence electrons. The van der Waals surface area contributed by atoms with E-state index in [0.717, 1.165) is 6.42 Å². The Bertz CT molecular complexity index is 169. The molecular weight excluding hydrogens is 174 g/mol. The third-order valence-electron chi connectivity index (χ3n) is 3.68. The molecule has 0 aliphatic heterocycles. The van der Waals surface area contributed by atoms with Gasteiger partial charge in [-0.25, -0.2) is 0 Å². The number of nitrogens with zero attached hydrogens (tertiary/aromatic N) is 1. The molecule has 2 nitrogen and oxygen atoms in total. The van der Waals surface area contributed by atoms with Crippen LogP contribution in [0.1, 0.15) is 40.5 Å². The molecule has 0 aromatic carbocycles. The van der Waals surface area contributed by atoms with E-state index >= 15 is 0 Å². The van der Waals surface area contributed by atoms with Crippen molar-refractivity contribution < 1.29 is 5.11 Å². The van der Waals surface area contributed by atoms with Gasteiger partial charge in [0.25, 0.3) is 0 Å². The Hall–Kier alpha value is -0.0800. The van der Waals surface area contributed by atoms with Crippen LogP contribution >= 0.6 is 0 Å². The molecular formula is C12H25NO. The SMILES string of the molecule is CC1CC(C)C(N(C)C(C)C)C(O)C1. The second kappa shape index (κ2) is 4.63. The topological polar surface area (TPSA) is 23.5 Å². The van der Waals surface area contributed by atoms with Gasteiger partial charge in [0.15, 0.2) is 0 Å². The third kappa shape index (κ3) is 2.48. The molecule has 0 aromatic heterocycles. The van der Waals surface area contributed by atoms with Crippen LogP contribution in [0, 0.1) is 11.8 Å². The van der Waals surface area contributed by atoms with Gasteiger partial charge in [-0.1, -0.05) is 13.8 Å². The Labute approximate surface area is 88.3 Å². The molecule has 0 heterocycles. The Morgan fingerprint density at radius 2 is 1.79 bits per heavy atom. The van der Waals surface area contributed by atoms with Gasteiger partial charge >= 0.3 is 0 Å². The van der Waals surface area contributed by atoms with Crippen molar-refractivity contribution in [2.75, 3.05) is 7.05 Å². The van der Waals surface area contributed by atoms with Gasteiger partial charge in [0.05, 0.1) is 6.10 Å². The van der Waals surface area contributed by atoms with Gasteiger partial charge in [-0.3, -0.25) is 4.90 Å². The Morgan fingerprint density at radius 3 is 2.21 bits per heavy atom. The summed E-state index contributed by atoms with van der Waals surface area (Å²) in [6.07, 6.45) is 2.08. The molecule has 1 saturated carbocycles. The van der Waals surface area contributed by atoms with E-state index in [2.05, 4.69) is 39.6 Å². The number of hydrogen-bond donors (Lipinski definition) is 1. The van der Waals surface area contributed by atoms with Gasteiger partial charge in [0.2, 0.25) is 0 Å². The van der Waals surface area contributed by atoms with Crippen molar-refractivity contribution in [2.45, 2.75) is 58.7 Å². The Morgan fingerprint density at radius 1 is 1.21 bits per heavy atom. The second-order valence-corrected chi connectivity index (χ2v) is 5.37. The first-order valence-corrected chi connectivity index (χ1v) is 5.83. The molecule has 2 heteroatoms. The third-order valence-corrected chi connectivity index (χ3v) is 3.68. The second-order valence-electron chi connectivity index (χ2n) is 5.37. The van der Waals surface area contributed by atoms with E-state index in [4.69, 9.17) is 0 Å². The minimum absolute atomic E-state index is 0.138. The highest BCUT2D eigenvalue weighted by Gasteiger charge is 2.35. The number of hydrogen-bond acceptors (Lipinski definition) is 2. The highest BCUT2D eigenvalue weighted by Crippen LogP contribution is 2.32. The van der Waals surface area contributed by atoms with Crippen LogP contribution in [0.5, 0.6) is 0 Å². The predicted octanol–water partition coefficient (Wildman–Crippen LogP) is 2.12. The summed E-state index contributed by atoms with van der Waals surface area (Å²) in [5, 5.41) is 10.1. The summed E-state index contributed by atoms with van der Waals surface area (Å²) in [6, 6.07) is 0.872. The van der Waals surface area contributed by atoms with Gasteiger partial charge in [0, 0.05) is 12.1 Å². The van der Waals surface area contributed by atoms with E-state index in [1.807, 2.05) is 0 Å². The van der Waals surface area contributed by atoms with Gasteiger partial charge in [-0.2, -0.15) is 0 Å². The first-order valence-electron chi connectivity index (χ1n) is 5.83. The predicted molar refractivity (Wildman–Crippen MR) is 60.3 cm³/mol. The summed E-state index contributed by atoms with van der Waals surface area (Å²) < 4.78 is 0. The van der Waals surface area contributed by atoms with Gasteiger partial charge in [0.1, 0.15) is 0 Å². The zero-order valence-electron chi connectivity index (χ0n) is 10.2. The van der Waals surface area contributed by atoms with Crippen molar-refractivity contribution in [3.63, 3.8) is 0 Å². The minimum Gasteiger partial charge on any atom is -0.391 e. The lowest BCUT2D eigenvalue weighted by atomic mass is 9.77. The van der Waals surface area contributed by atoms with Crippen LogP contribution in [0.2, 0.25) is 0 Å². The average Bonchev–Trinajstić information content (AvgIpc) is 2.01. The smallest absolute Gasteiger partial charge is 0.0700 e. The maximum absolute atomic E-state index is 10.1. The summed E-state index contributed by atoms with van der Waals surface area (Å²) in [6.45, 7) is 8.89. The molecule has 0 aromatic rings. The van der Waals surface area contributed by atoms with E-state index in [0.29, 0.717) is 23.9 Å². The van der Waals surface area contributed by atoms with E-state index in [9.17, 15) is 5.11 Å². The Balaban J connectivity index is 2.66. The molecule has 1 rings (SSSR count). The van der Waals surface area contributed by atoms with Crippen molar-refractivity contribution in [3.8, 4) is 0 Å². The van der Waals surface area contributed by atoms with Gasteiger partial charge < -0.3 is 5.11 Å². The highest BCUT2D eigenvalue weighted by atomic mass is 16.3. The summed E-state index contributed by atoms with van der Waals surface area (Å²) in [5.74, 6) is 1.29. The largest absolute Gasteiger partial charge is 0.391 e. The fourth-order valence-electron chi connectivity index (χ4n) is 2.82. The lowest BCUT2D eigenvalue weighted by Crippen LogP contribution is -2.51. The van der Waals surface area contributed by atoms with E-state index in [-0.39, 0.29) is 6.10 Å². The van der Waals surface area contributed by atoms with Gasteiger partial charge in [-0.15, -0.1) is 0 Å². The summed E-state index contributed by atoms with van der Waals surface area (Å²) in [7, 11) is 2.13. The fraction of sp³-hybridized carbons (Fsp3) is 1.00. The number of aliphatic hydroxyl groups excluding tert-OH is 1. The highest BCUT2D eigenvalue weighted by molar-refractivity contribution is 4.89. The van der Waals surface area contributed by atoms with Crippen LogP contribution in [0.3, 0.4) is 0 Å². The molecule has 0 spiro atoms. The molecule has 0 amide bonds. The molecule has 0 saturated heterocycles. The molecule has 1 aliphatic rings. The monoisotopic (exact) mass is 199 g/mol. The van der Waals surface area contributed by atoms with E-state index in [1.54, 1.807) is 0 Å². The van der Waals surface area contributed by atoms with Crippen molar-refractivity contribution >= 4 is 0 Å². The zero-order chi connectivity index (χ0) is 10.9. The lowest BCUT2D eigenvalue weighted by molar-refractivity contribution is -0.0249. The quantitative estimate of drug-likeness (QED) is 0.736. The molecule has 1 N–H and O–H groups in total. The number of aliphatic hydroxyl groups is 1. The van der Waals surface area contributed by atoms with Crippen LogP contribution in [0.25, 0.3) is 0 Å². The minimum atomic E-state index is -0.138. The molecule has 1 aliphatic carbocycles. The van der Waals surface area contributed by atoms with Crippen LogP contribution in [-0.2, 0) is 0 Å². The van der Waals surface area contributed by atoms with Crippen LogP contribution in [0.4, 0.5) is 0 Å². The number of rotatable bonds is 2. The first kappa shape index (κ1) is 12.0. The summed E-state index contributed by atoms with van der Waals surface area (Å²) >= 11 is 0. The molecule has 4 atom stereocenters. The molecule has 14 heavy (non-hydrogen) atoms. The van der Waals surface area contributed by atoms with E-state index < -0.39 is 0 Å². The van der Waals surface area contributed by atoms with Crippen LogP contribution < -0.4 is 0 Å². The molecule has 0 radical (unpaired) electrons. The molecule has 4 unspecified atom stereocenters. The van der Waals surface area contributed by atoms with Crippen molar-refractivity contribution in [2.24, 2.45) is 11.8 Å². The maximum atomic E-state index is 10.1. The Kier molecular flexibility index (Phi) is 3.96. The fourth-order valence-corrected chi connectivity index (χ4v) is 2.82. The normalized spacial score (nSPS) is 39.4. The summed E-state index contributed by atoms with van der Waals surface area (Å²) in [4.78, 5) is 2.32. The summed E-state index contributed by atoms with van der Waals surface area (Å²) in [5.41, 5.74) is 0. The van der Waals surface area contributed by atoms with Crippen molar-refractivity contribution in [1.29, 1.82) is 0 Å². The molecule has 1 fully saturated rings. The zero-order valence-corrected chi connectivity index (χ0v) is 10.2. The first-order chi connectivity index (χ1) is 6.43. The van der Waals surface area contributed by atoms with Crippen LogP contribution in [-0.4, -0.2) is 35.2 Å². The van der Waals surface area contributed by atoms with Gasteiger partial charge in [-0.05, 0) is 45.6 Å². The average molecular weight is 199 g/mol. The van der Waals surface area contributed by atoms with E-state index in [1.165, 1.54) is 6.42 Å². The van der Waals surface area contributed by atoms with Crippen LogP contribution in [0.15, 0.2) is 0 Å². The molecule has 0 bridgehead atoms. The lowest BCUT2D eigenvalue weighted by Gasteiger charge is -2.43. The maximum Gasteiger partial charge on any atom is 0.0700 e. The standard InChI is InChI=1S/C12H25NO/c1-8(2)13(5)12-10(4)6-9(3)7-11(12)14/h8-12,14H,6-7H2,1-5H3. The van der Waals surface area contributed by atoms with Crippen molar-refractivity contribution in [1.82, 2.24) is 4.90 Å².